The molecule has 3 atom stereocenters. The molecule has 6 heterocycles. The van der Waals surface area contributed by atoms with Crippen LogP contribution in [-0.2, 0) is 26.0 Å². The highest BCUT2D eigenvalue weighted by molar-refractivity contribution is 7.90. The Morgan fingerprint density at radius 1 is 0.972 bits per heavy atom. The molecule has 2 N–H and O–H groups in total. The molecule has 3 aromatic carbocycles. The van der Waals surface area contributed by atoms with Gasteiger partial charge in [-0.2, -0.15) is 0 Å². The molecule has 71 heavy (non-hydrogen) atoms. The zero-order chi connectivity index (χ0) is 49.4. The maximum Gasteiger partial charge on any atom is 0.297 e. The Hall–Kier alpha value is -5.53. The third-order valence-corrected chi connectivity index (χ3v) is 17.4. The highest BCUT2D eigenvalue weighted by Crippen LogP contribution is 2.53. The number of carbonyl (C=O) groups excluding carboxylic acids is 1. The number of piperazine rings is 1. The summed E-state index contributed by atoms with van der Waals surface area (Å²) in [5.41, 5.74) is 5.13. The number of ether oxygens (including phenoxy) is 4. The number of pyridine rings is 1. The molecule has 6 aliphatic rings. The molecule has 4 aromatic rings. The lowest BCUT2D eigenvalue weighted by Crippen LogP contribution is -2.60. The smallest absolute Gasteiger partial charge is 0.297 e. The number of rotatable bonds is 13. The second-order valence-electron chi connectivity index (χ2n) is 20.9. The summed E-state index contributed by atoms with van der Waals surface area (Å²) >= 11 is 0. The van der Waals surface area contributed by atoms with Crippen LogP contribution >= 0.6 is 0 Å². The number of nitrogens with one attached hydrogen (secondary N) is 2. The fourth-order valence-electron chi connectivity index (χ4n) is 12.1. The number of nitro benzene ring substituents is 1. The number of aromatic nitrogens is 1. The van der Waals surface area contributed by atoms with Crippen LogP contribution in [0.25, 0.3) is 0 Å². The molecule has 5 aliphatic heterocycles. The topological polar surface area (TPSA) is 181 Å². The van der Waals surface area contributed by atoms with Crippen LogP contribution in [0.15, 0.2) is 77.8 Å². The van der Waals surface area contributed by atoms with E-state index in [2.05, 4.69) is 80.7 Å². The van der Waals surface area contributed by atoms with E-state index in [-0.39, 0.29) is 53.1 Å². The van der Waals surface area contributed by atoms with E-state index in [1.54, 1.807) is 19.2 Å². The molecule has 4 saturated heterocycles. The quantitative estimate of drug-likeness (QED) is 0.100. The first kappa shape index (κ1) is 49.1. The Labute approximate surface area is 417 Å². The van der Waals surface area contributed by atoms with Gasteiger partial charge >= 0.3 is 0 Å². The molecule has 10 rings (SSSR count). The number of nitrogens with zero attached hydrogens (tertiary/aromatic N) is 6. The summed E-state index contributed by atoms with van der Waals surface area (Å²) in [4.78, 5) is 39.5. The van der Waals surface area contributed by atoms with E-state index in [4.69, 9.17) is 23.9 Å². The number of nitro groups is 1. The minimum atomic E-state index is -4.49. The van der Waals surface area contributed by atoms with Gasteiger partial charge in [0, 0.05) is 101 Å². The number of carbonyl (C=O) groups is 1. The number of hydrogen-bond donors (Lipinski definition) is 2. The summed E-state index contributed by atoms with van der Waals surface area (Å²) in [6.45, 7) is 15.9. The van der Waals surface area contributed by atoms with Crippen LogP contribution in [0, 0.1) is 21.4 Å². The van der Waals surface area contributed by atoms with Gasteiger partial charge in [-0.05, 0) is 110 Å². The van der Waals surface area contributed by atoms with E-state index >= 15 is 0 Å². The summed E-state index contributed by atoms with van der Waals surface area (Å²) in [6.07, 6.45) is 8.11. The predicted molar refractivity (Wildman–Crippen MR) is 271 cm³/mol. The van der Waals surface area contributed by atoms with Gasteiger partial charge in [0.05, 0.1) is 42.2 Å². The van der Waals surface area contributed by atoms with E-state index < -0.39 is 31.4 Å². The third kappa shape index (κ3) is 10.3. The summed E-state index contributed by atoms with van der Waals surface area (Å²) in [7, 11) is -2.76. The van der Waals surface area contributed by atoms with Crippen molar-refractivity contribution < 1.29 is 37.1 Å². The van der Waals surface area contributed by atoms with Gasteiger partial charge in [-0.1, -0.05) is 38.1 Å². The number of hydrogen-bond acceptors (Lipinski definition) is 15. The van der Waals surface area contributed by atoms with Crippen molar-refractivity contribution in [3.63, 3.8) is 0 Å². The van der Waals surface area contributed by atoms with Crippen molar-refractivity contribution in [3.8, 4) is 11.5 Å². The van der Waals surface area contributed by atoms with Crippen molar-refractivity contribution in [2.75, 3.05) is 94.5 Å². The Bertz CT molecular complexity index is 2680. The van der Waals surface area contributed by atoms with Gasteiger partial charge in [-0.3, -0.25) is 24.7 Å². The summed E-state index contributed by atoms with van der Waals surface area (Å²) in [6, 6.07) is 21.2. The van der Waals surface area contributed by atoms with Gasteiger partial charge in [0.25, 0.3) is 21.6 Å². The Balaban J connectivity index is 0.756. The molecular formula is C53H68N8O9S. The monoisotopic (exact) mass is 992 g/mol. The van der Waals surface area contributed by atoms with Crippen molar-refractivity contribution in [1.82, 2.24) is 19.5 Å². The molecule has 1 spiro atoms. The summed E-state index contributed by atoms with van der Waals surface area (Å²) in [5.74, 6) is 1.54. The third-order valence-electron chi connectivity index (χ3n) is 16.1. The van der Waals surface area contributed by atoms with E-state index in [0.717, 1.165) is 100 Å². The van der Waals surface area contributed by atoms with Gasteiger partial charge in [-0.25, -0.2) is 18.1 Å². The number of methoxy groups -OCH3 is 1. The number of piperidine rings is 1. The lowest BCUT2D eigenvalue weighted by Gasteiger charge is -2.58. The second-order valence-corrected chi connectivity index (χ2v) is 22.6. The maximum atomic E-state index is 13.5. The first-order valence-electron chi connectivity index (χ1n) is 25.4. The van der Waals surface area contributed by atoms with E-state index in [1.807, 2.05) is 18.3 Å². The van der Waals surface area contributed by atoms with Crippen molar-refractivity contribution >= 4 is 38.8 Å². The molecule has 1 amide bonds. The Morgan fingerprint density at radius 2 is 1.73 bits per heavy atom. The van der Waals surface area contributed by atoms with Crippen molar-refractivity contribution in [1.29, 1.82) is 0 Å². The van der Waals surface area contributed by atoms with Crippen LogP contribution in [0.3, 0.4) is 0 Å². The minimum Gasteiger partial charge on any atom is -0.493 e. The lowest BCUT2D eigenvalue weighted by molar-refractivity contribution is -0.384. The van der Waals surface area contributed by atoms with Crippen LogP contribution in [0.5, 0.6) is 11.5 Å². The normalized spacial score (nSPS) is 23.4. The average Bonchev–Trinajstić information content (AvgIpc) is 3.38. The largest absolute Gasteiger partial charge is 0.493 e. The van der Waals surface area contributed by atoms with Crippen LogP contribution < -0.4 is 29.3 Å². The number of morpholine rings is 1. The first-order chi connectivity index (χ1) is 34.3. The van der Waals surface area contributed by atoms with E-state index in [9.17, 15) is 23.3 Å². The summed E-state index contributed by atoms with van der Waals surface area (Å²) < 4.78 is 52.2. The van der Waals surface area contributed by atoms with E-state index in [0.29, 0.717) is 38.4 Å². The van der Waals surface area contributed by atoms with Crippen LogP contribution in [-0.4, -0.2) is 132 Å². The molecule has 1 aliphatic carbocycles. The Kier molecular flexibility index (Phi) is 14.2. The fraction of sp³-hybridized carbons (Fsp3) is 0.547. The number of benzene rings is 3. The van der Waals surface area contributed by atoms with E-state index in [1.165, 1.54) is 30.0 Å². The van der Waals surface area contributed by atoms with Gasteiger partial charge in [0.15, 0.2) is 23.0 Å². The van der Waals surface area contributed by atoms with Gasteiger partial charge < -0.3 is 34.1 Å². The SMILES string of the molecule is COc1cc(CN2CCN(C3CC4(CCN(c5ccc(C(=O)NS(=O)(=O)c6cc7c(c([N+](=O)[O-])c6)N[C@H](C6CCOCC6)CO7)cc5)CC4)C3)[C@H](c3ccccc3C(C)C)C2)cnc1N1CCOC[C@@H]1C. The average molecular weight is 993 g/mol. The van der Waals surface area contributed by atoms with Crippen molar-refractivity contribution in [2.45, 2.75) is 101 Å². The van der Waals surface area contributed by atoms with Gasteiger partial charge in [0.2, 0.25) is 0 Å². The maximum absolute atomic E-state index is 13.5. The predicted octanol–water partition coefficient (Wildman–Crippen LogP) is 7.37. The highest BCUT2D eigenvalue weighted by atomic mass is 32.2. The van der Waals surface area contributed by atoms with Crippen LogP contribution in [0.2, 0.25) is 0 Å². The molecule has 5 fully saturated rings. The number of amides is 1. The van der Waals surface area contributed by atoms with Gasteiger partial charge in [-0.15, -0.1) is 0 Å². The van der Waals surface area contributed by atoms with Gasteiger partial charge in [0.1, 0.15) is 6.61 Å². The zero-order valence-corrected chi connectivity index (χ0v) is 42.2. The number of fused-ring (bicyclic) bond motifs is 1. The first-order valence-corrected chi connectivity index (χ1v) is 26.9. The number of sulfonamides is 1. The fourth-order valence-corrected chi connectivity index (χ4v) is 13.1. The zero-order valence-electron chi connectivity index (χ0n) is 41.4. The van der Waals surface area contributed by atoms with Crippen molar-refractivity contribution in [3.05, 3.63) is 105 Å². The minimum absolute atomic E-state index is 0.0582. The molecule has 17 nitrogen and oxygen atoms in total. The molecule has 0 unspecified atom stereocenters. The molecule has 0 radical (unpaired) electrons. The standard InChI is InChI=1S/C53H68N8O9S/c1-35(2)43-7-5-6-8-44(43)47-32-57(31-37-25-49(67-4)51(54-30-37)59-21-24-69-33-36(59)3)19-20-60(47)41-28-53(29-41)15-17-58(18-16-53)40-11-9-39(10-12-40)52(62)56-71(65,66)42-26-46(61(63)64)50-48(27-42)70-34-45(55-50)38-13-22-68-23-14-38/h5-12,25-27,30,35-36,38,41,45,47,55H,13-24,28-29,31-34H2,1-4H3,(H,56,62)/t36-,45-,47-/m0/s1. The second kappa shape index (κ2) is 20.5. The number of anilines is 3. The van der Waals surface area contributed by atoms with Crippen LogP contribution in [0.4, 0.5) is 22.9 Å². The molecule has 1 aromatic heterocycles. The molecule has 18 heteroatoms. The Morgan fingerprint density at radius 3 is 2.45 bits per heavy atom. The molecule has 1 saturated carbocycles. The molecule has 0 bridgehead atoms. The summed E-state index contributed by atoms with van der Waals surface area (Å²) in [5, 5.41) is 15.4. The lowest BCUT2D eigenvalue weighted by atomic mass is 9.59. The molecule has 380 valence electrons. The van der Waals surface area contributed by atoms with Crippen LogP contribution in [0.1, 0.15) is 98.3 Å². The highest BCUT2D eigenvalue weighted by Gasteiger charge is 2.50. The molecular weight excluding hydrogens is 925 g/mol. The van der Waals surface area contributed by atoms with Crippen molar-refractivity contribution in [2.24, 2.45) is 11.3 Å².